The molecule has 0 radical (unpaired) electrons. The highest BCUT2D eigenvalue weighted by atomic mass is 32.2. The first-order valence-electron chi connectivity index (χ1n) is 15.8. The van der Waals surface area contributed by atoms with Gasteiger partial charge in [0.15, 0.2) is 0 Å². The van der Waals surface area contributed by atoms with Crippen molar-refractivity contribution < 1.29 is 32.6 Å². The van der Waals surface area contributed by atoms with Crippen LogP contribution in [0.25, 0.3) is 5.57 Å². The van der Waals surface area contributed by atoms with Gasteiger partial charge in [0.25, 0.3) is 5.91 Å². The second kappa shape index (κ2) is 16.0. The van der Waals surface area contributed by atoms with Crippen LogP contribution in [0.4, 0.5) is 0 Å². The maximum Gasteiger partial charge on any atom is 0.326 e. The third-order valence-corrected chi connectivity index (χ3v) is 9.82. The van der Waals surface area contributed by atoms with Crippen molar-refractivity contribution in [1.82, 2.24) is 10.2 Å². The van der Waals surface area contributed by atoms with E-state index in [0.717, 1.165) is 61.6 Å². The van der Waals surface area contributed by atoms with Crippen LogP contribution < -0.4 is 5.32 Å². The highest BCUT2D eigenvalue weighted by Crippen LogP contribution is 2.31. The Morgan fingerprint density at radius 2 is 1.89 bits per heavy atom. The van der Waals surface area contributed by atoms with Gasteiger partial charge in [-0.1, -0.05) is 49.6 Å². The molecule has 3 unspecified atom stereocenters. The molecule has 1 aliphatic heterocycles. The first kappa shape index (κ1) is 34.1. The van der Waals surface area contributed by atoms with Gasteiger partial charge in [0.05, 0.1) is 24.6 Å². The Balaban J connectivity index is 1.60. The number of methoxy groups -OCH3 is 1. The number of amides is 1. The Bertz CT molecular complexity index is 1360. The Labute approximate surface area is 262 Å². The highest BCUT2D eigenvalue weighted by molar-refractivity contribution is 7.90. The van der Waals surface area contributed by atoms with Crippen LogP contribution in [0, 0.1) is 0 Å². The second-order valence-corrected chi connectivity index (χ2v) is 14.7. The number of piperidine rings is 1. The summed E-state index contributed by atoms with van der Waals surface area (Å²) < 4.78 is 35.5. The van der Waals surface area contributed by atoms with Gasteiger partial charge in [-0.3, -0.25) is 9.69 Å². The van der Waals surface area contributed by atoms with Crippen LogP contribution in [-0.4, -0.2) is 86.9 Å². The SMILES string of the molecule is COCC1CCC(OC2CCCCC2)CN1Cc1ccc(C(=O)NC(CCS(C)(=O)=O)C(=O)O)c(C2=CC=CCC=C2C)c1. The number of likely N-dealkylation sites (tertiary alicyclic amines) is 1. The molecular formula is C34H48N2O7S. The fourth-order valence-corrected chi connectivity index (χ4v) is 7.09. The van der Waals surface area contributed by atoms with E-state index < -0.39 is 27.8 Å². The van der Waals surface area contributed by atoms with Gasteiger partial charge < -0.3 is 19.9 Å². The molecule has 44 heavy (non-hydrogen) atoms. The minimum absolute atomic E-state index is 0.176. The zero-order chi connectivity index (χ0) is 31.7. The standard InChI is InChI=1S/C34H48N2O7S/c1-24-10-6-4-9-13-29(24)31-20-25(14-17-30(31)33(37)35-32(34(38)39)18-19-44(3,40)41)21-36-22-28(16-15-26(36)23-42-2)43-27-11-7-5-8-12-27/h4,9-10,13-14,17,20,26-28,32H,5-8,11-12,15-16,18-19,21-23H2,1-3H3,(H,35,37)(H,38,39). The van der Waals surface area contributed by atoms with Crippen molar-refractivity contribution >= 4 is 27.3 Å². The number of allylic oxidation sites excluding steroid dienone is 6. The van der Waals surface area contributed by atoms with E-state index in [0.29, 0.717) is 30.4 Å². The summed E-state index contributed by atoms with van der Waals surface area (Å²) in [5.74, 6) is -2.16. The van der Waals surface area contributed by atoms with Crippen LogP contribution in [0.1, 0.15) is 86.2 Å². The lowest BCUT2D eigenvalue weighted by Gasteiger charge is -2.41. The van der Waals surface area contributed by atoms with Crippen molar-refractivity contribution in [2.24, 2.45) is 0 Å². The summed E-state index contributed by atoms with van der Waals surface area (Å²) in [5.41, 5.74) is 4.00. The molecule has 1 saturated heterocycles. The molecule has 1 amide bonds. The highest BCUT2D eigenvalue weighted by Gasteiger charge is 2.31. The van der Waals surface area contributed by atoms with Crippen LogP contribution in [0.3, 0.4) is 0 Å². The van der Waals surface area contributed by atoms with Crippen molar-refractivity contribution in [2.75, 3.05) is 32.3 Å². The number of carbonyl (C=O) groups is 2. The number of carboxylic acids is 1. The Kier molecular flexibility index (Phi) is 12.4. The summed E-state index contributed by atoms with van der Waals surface area (Å²) in [6.07, 6.45) is 18.3. The molecule has 9 nitrogen and oxygen atoms in total. The van der Waals surface area contributed by atoms with Crippen LogP contribution >= 0.6 is 0 Å². The number of nitrogens with zero attached hydrogens (tertiary/aromatic N) is 1. The summed E-state index contributed by atoms with van der Waals surface area (Å²) in [4.78, 5) is 27.9. The molecule has 242 valence electrons. The monoisotopic (exact) mass is 628 g/mol. The molecule has 1 aromatic rings. The lowest BCUT2D eigenvalue weighted by molar-refractivity contribution is -0.139. The topological polar surface area (TPSA) is 122 Å². The van der Waals surface area contributed by atoms with Gasteiger partial charge in [0.1, 0.15) is 15.9 Å². The maximum absolute atomic E-state index is 13.6. The lowest BCUT2D eigenvalue weighted by Crippen LogP contribution is -2.48. The number of hydrogen-bond donors (Lipinski definition) is 2. The van der Waals surface area contributed by atoms with Crippen molar-refractivity contribution in [3.8, 4) is 0 Å². The third kappa shape index (κ3) is 9.86. The van der Waals surface area contributed by atoms with E-state index in [2.05, 4.69) is 16.3 Å². The number of ether oxygens (including phenoxy) is 2. The van der Waals surface area contributed by atoms with Crippen LogP contribution in [0.15, 0.2) is 48.1 Å². The molecule has 4 rings (SSSR count). The van der Waals surface area contributed by atoms with E-state index >= 15 is 0 Å². The van der Waals surface area contributed by atoms with Gasteiger partial charge in [0, 0.05) is 38.1 Å². The minimum Gasteiger partial charge on any atom is -0.480 e. The zero-order valence-corrected chi connectivity index (χ0v) is 27.1. The number of hydrogen-bond acceptors (Lipinski definition) is 7. The van der Waals surface area contributed by atoms with E-state index in [1.165, 1.54) is 19.3 Å². The van der Waals surface area contributed by atoms with E-state index in [1.54, 1.807) is 13.2 Å². The predicted octanol–water partition coefficient (Wildman–Crippen LogP) is 4.92. The number of carbonyl (C=O) groups excluding carboxylic acids is 1. The molecule has 10 heteroatoms. The summed E-state index contributed by atoms with van der Waals surface area (Å²) in [6.45, 7) is 4.11. The molecule has 1 aromatic carbocycles. The normalized spacial score (nSPS) is 22.5. The fourth-order valence-electron chi connectivity index (χ4n) is 6.42. The van der Waals surface area contributed by atoms with Crippen LogP contribution in [0.5, 0.6) is 0 Å². The maximum atomic E-state index is 13.6. The fraction of sp³-hybridized carbons (Fsp3) is 0.588. The molecule has 1 heterocycles. The number of benzene rings is 1. The van der Waals surface area contributed by atoms with Gasteiger partial charge >= 0.3 is 5.97 Å². The molecule has 1 saturated carbocycles. The quantitative estimate of drug-likeness (QED) is 0.316. The van der Waals surface area contributed by atoms with Crippen LogP contribution in [0.2, 0.25) is 0 Å². The predicted molar refractivity (Wildman–Crippen MR) is 172 cm³/mol. The van der Waals surface area contributed by atoms with E-state index in [1.807, 2.05) is 37.3 Å². The average Bonchev–Trinajstić information content (AvgIpc) is 3.20. The summed E-state index contributed by atoms with van der Waals surface area (Å²) in [7, 11) is -1.66. The Hall–Kier alpha value is -2.79. The van der Waals surface area contributed by atoms with Crippen molar-refractivity contribution in [3.05, 3.63) is 64.8 Å². The van der Waals surface area contributed by atoms with Gasteiger partial charge in [-0.15, -0.1) is 0 Å². The van der Waals surface area contributed by atoms with Crippen LogP contribution in [-0.2, 0) is 30.7 Å². The lowest BCUT2D eigenvalue weighted by atomic mass is 9.91. The molecular weight excluding hydrogens is 580 g/mol. The first-order valence-corrected chi connectivity index (χ1v) is 17.9. The van der Waals surface area contributed by atoms with E-state index in [-0.39, 0.29) is 24.3 Å². The van der Waals surface area contributed by atoms with Crippen molar-refractivity contribution in [1.29, 1.82) is 0 Å². The summed E-state index contributed by atoms with van der Waals surface area (Å²) in [6, 6.07) is 4.63. The first-order chi connectivity index (χ1) is 21.0. The molecule has 2 fully saturated rings. The zero-order valence-electron chi connectivity index (χ0n) is 26.3. The molecule has 3 aliphatic rings. The van der Waals surface area contributed by atoms with Gasteiger partial charge in [-0.2, -0.15) is 0 Å². The Morgan fingerprint density at radius 3 is 2.59 bits per heavy atom. The number of sulfone groups is 1. The number of aliphatic carboxylic acids is 1. The number of carboxylic acid groups (broad SMARTS) is 1. The molecule has 3 atom stereocenters. The third-order valence-electron chi connectivity index (χ3n) is 8.84. The molecule has 2 N–H and O–H groups in total. The second-order valence-electron chi connectivity index (χ2n) is 12.4. The van der Waals surface area contributed by atoms with Gasteiger partial charge in [-0.25, -0.2) is 13.2 Å². The number of nitrogens with one attached hydrogen (secondary N) is 1. The van der Waals surface area contributed by atoms with Crippen molar-refractivity contribution in [2.45, 2.75) is 95.5 Å². The average molecular weight is 629 g/mol. The van der Waals surface area contributed by atoms with E-state index in [4.69, 9.17) is 9.47 Å². The van der Waals surface area contributed by atoms with E-state index in [9.17, 15) is 23.1 Å². The molecule has 2 aliphatic carbocycles. The molecule has 0 bridgehead atoms. The Morgan fingerprint density at radius 1 is 1.11 bits per heavy atom. The smallest absolute Gasteiger partial charge is 0.326 e. The molecule has 0 spiro atoms. The molecule has 0 aromatic heterocycles. The largest absolute Gasteiger partial charge is 0.480 e. The van der Waals surface area contributed by atoms with Crippen molar-refractivity contribution in [3.63, 3.8) is 0 Å². The number of rotatable bonds is 13. The van der Waals surface area contributed by atoms with Gasteiger partial charge in [0.2, 0.25) is 0 Å². The summed E-state index contributed by atoms with van der Waals surface area (Å²) >= 11 is 0. The summed E-state index contributed by atoms with van der Waals surface area (Å²) in [5, 5.41) is 12.3. The van der Waals surface area contributed by atoms with Gasteiger partial charge in [-0.05, 0) is 79.9 Å². The minimum atomic E-state index is -3.39.